The molecule has 3 nitrogen and oxygen atoms in total. The van der Waals surface area contributed by atoms with E-state index < -0.39 is 11.6 Å². The SMILES string of the molecule is O=C(c1ccc(F)cc1)c1ccc2c(c1)c1cc(C(=O)c3ccc(F)cc3)ccc1n2-c1ccccc1. The molecule has 6 rings (SSSR count). The van der Waals surface area contributed by atoms with E-state index in [-0.39, 0.29) is 11.6 Å². The van der Waals surface area contributed by atoms with Crippen LogP contribution >= 0.6 is 0 Å². The number of hydrogen-bond donors (Lipinski definition) is 0. The van der Waals surface area contributed by atoms with Gasteiger partial charge in [0.15, 0.2) is 11.6 Å². The minimum atomic E-state index is -0.406. The average Bonchev–Trinajstić information content (AvgIpc) is 3.26. The van der Waals surface area contributed by atoms with Crippen LogP contribution in [0.3, 0.4) is 0 Å². The number of benzene rings is 5. The Hall–Kier alpha value is -4.90. The normalized spacial score (nSPS) is 11.2. The quantitative estimate of drug-likeness (QED) is 0.236. The largest absolute Gasteiger partial charge is 0.309 e. The lowest BCUT2D eigenvalue weighted by Gasteiger charge is -2.08. The van der Waals surface area contributed by atoms with Crippen LogP contribution in [0.15, 0.2) is 115 Å². The number of ketones is 2. The number of aromatic nitrogens is 1. The summed E-state index contributed by atoms with van der Waals surface area (Å²) in [4.78, 5) is 26.4. The van der Waals surface area contributed by atoms with Crippen molar-refractivity contribution in [3.8, 4) is 5.69 Å². The molecule has 0 bridgehead atoms. The third-order valence-electron chi connectivity index (χ3n) is 6.52. The lowest BCUT2D eigenvalue weighted by atomic mass is 9.99. The Bertz CT molecular complexity index is 1690. The predicted molar refractivity (Wildman–Crippen MR) is 140 cm³/mol. The summed E-state index contributed by atoms with van der Waals surface area (Å²) < 4.78 is 28.9. The van der Waals surface area contributed by atoms with Crippen LogP contribution in [0, 0.1) is 11.6 Å². The molecule has 5 aromatic carbocycles. The van der Waals surface area contributed by atoms with Gasteiger partial charge in [0.05, 0.1) is 11.0 Å². The standard InChI is InChI=1S/C32H19F2NO2/c33-24-12-6-20(7-13-24)31(36)22-10-16-29-27(18-22)28-19-23(32(37)21-8-14-25(34)15-9-21)11-17-30(28)35(29)26-4-2-1-3-5-26/h1-19H. The minimum absolute atomic E-state index is 0.221. The first kappa shape index (κ1) is 22.6. The Morgan fingerprint density at radius 1 is 0.486 bits per heavy atom. The van der Waals surface area contributed by atoms with Crippen LogP contribution < -0.4 is 0 Å². The molecule has 0 atom stereocenters. The first-order valence-corrected chi connectivity index (χ1v) is 11.7. The Kier molecular flexibility index (Phi) is 5.46. The molecule has 0 unspecified atom stereocenters. The van der Waals surface area contributed by atoms with E-state index in [9.17, 15) is 18.4 Å². The van der Waals surface area contributed by atoms with E-state index >= 15 is 0 Å². The van der Waals surface area contributed by atoms with Gasteiger partial charge in [-0.05, 0) is 97.1 Å². The maximum atomic E-state index is 13.4. The van der Waals surface area contributed by atoms with Crippen molar-refractivity contribution in [1.82, 2.24) is 4.57 Å². The molecular formula is C32H19F2NO2. The molecule has 6 aromatic rings. The molecule has 0 spiro atoms. The van der Waals surface area contributed by atoms with Crippen molar-refractivity contribution in [2.45, 2.75) is 0 Å². The summed E-state index contributed by atoms with van der Waals surface area (Å²) in [6.45, 7) is 0. The van der Waals surface area contributed by atoms with Gasteiger partial charge in [0.2, 0.25) is 0 Å². The van der Waals surface area contributed by atoms with Gasteiger partial charge in [-0.15, -0.1) is 0 Å². The third-order valence-corrected chi connectivity index (χ3v) is 6.52. The zero-order valence-electron chi connectivity index (χ0n) is 19.5. The number of hydrogen-bond acceptors (Lipinski definition) is 2. The average molecular weight is 488 g/mol. The lowest BCUT2D eigenvalue weighted by molar-refractivity contribution is 0.103. The number of carbonyl (C=O) groups is 2. The van der Waals surface area contributed by atoms with E-state index in [0.29, 0.717) is 22.3 Å². The molecule has 5 heteroatoms. The number of halogens is 2. The van der Waals surface area contributed by atoms with Gasteiger partial charge < -0.3 is 4.57 Å². The summed E-state index contributed by atoms with van der Waals surface area (Å²) in [5.41, 5.74) is 4.40. The molecule has 0 saturated carbocycles. The van der Waals surface area contributed by atoms with Gasteiger partial charge in [0.1, 0.15) is 11.6 Å². The highest BCUT2D eigenvalue weighted by Crippen LogP contribution is 2.34. The van der Waals surface area contributed by atoms with Crippen LogP contribution in [-0.2, 0) is 0 Å². The van der Waals surface area contributed by atoms with Crippen LogP contribution in [0.5, 0.6) is 0 Å². The fraction of sp³-hybridized carbons (Fsp3) is 0. The molecule has 1 aromatic heterocycles. The topological polar surface area (TPSA) is 39.1 Å². The first-order chi connectivity index (χ1) is 18.0. The first-order valence-electron chi connectivity index (χ1n) is 11.7. The molecule has 0 radical (unpaired) electrons. The minimum Gasteiger partial charge on any atom is -0.309 e. The van der Waals surface area contributed by atoms with E-state index in [0.717, 1.165) is 27.5 Å². The highest BCUT2D eigenvalue weighted by molar-refractivity contribution is 6.17. The van der Waals surface area contributed by atoms with E-state index in [4.69, 9.17) is 0 Å². The monoisotopic (exact) mass is 487 g/mol. The number of fused-ring (bicyclic) bond motifs is 3. The maximum absolute atomic E-state index is 13.4. The smallest absolute Gasteiger partial charge is 0.193 e. The lowest BCUT2D eigenvalue weighted by Crippen LogP contribution is -2.01. The van der Waals surface area contributed by atoms with Gasteiger partial charge in [-0.2, -0.15) is 0 Å². The van der Waals surface area contributed by atoms with Crippen molar-refractivity contribution in [3.63, 3.8) is 0 Å². The van der Waals surface area contributed by atoms with Crippen molar-refractivity contribution >= 4 is 33.4 Å². The Labute approximate surface area is 211 Å². The molecule has 0 aliphatic rings. The van der Waals surface area contributed by atoms with E-state index in [1.165, 1.54) is 48.5 Å². The second-order valence-electron chi connectivity index (χ2n) is 8.81. The zero-order chi connectivity index (χ0) is 25.5. The fourth-order valence-electron chi connectivity index (χ4n) is 4.70. The molecule has 0 N–H and O–H groups in total. The molecule has 178 valence electrons. The molecule has 0 fully saturated rings. The molecule has 0 saturated heterocycles. The predicted octanol–water partition coefficient (Wildman–Crippen LogP) is 7.52. The van der Waals surface area contributed by atoms with E-state index in [1.54, 1.807) is 12.1 Å². The van der Waals surface area contributed by atoms with Crippen LogP contribution in [0.25, 0.3) is 27.5 Å². The second-order valence-corrected chi connectivity index (χ2v) is 8.81. The van der Waals surface area contributed by atoms with E-state index in [1.807, 2.05) is 54.6 Å². The summed E-state index contributed by atoms with van der Waals surface area (Å²) >= 11 is 0. The molecular weight excluding hydrogens is 468 g/mol. The van der Waals surface area contributed by atoms with Gasteiger partial charge in [-0.3, -0.25) is 9.59 Å². The van der Waals surface area contributed by atoms with E-state index in [2.05, 4.69) is 4.57 Å². The Morgan fingerprint density at radius 3 is 1.32 bits per heavy atom. The number of carbonyl (C=O) groups excluding carboxylic acids is 2. The van der Waals surface area contributed by atoms with Crippen LogP contribution in [-0.4, -0.2) is 16.1 Å². The second kappa shape index (κ2) is 8.95. The molecule has 0 aliphatic carbocycles. The molecule has 1 heterocycles. The zero-order valence-corrected chi connectivity index (χ0v) is 19.5. The summed E-state index contributed by atoms with van der Waals surface area (Å²) in [7, 11) is 0. The summed E-state index contributed by atoms with van der Waals surface area (Å²) in [5.74, 6) is -1.25. The van der Waals surface area contributed by atoms with Crippen LogP contribution in [0.2, 0.25) is 0 Å². The molecule has 0 aliphatic heterocycles. The van der Waals surface area contributed by atoms with Gasteiger partial charge >= 0.3 is 0 Å². The number of para-hydroxylation sites is 1. The van der Waals surface area contributed by atoms with Crippen molar-refractivity contribution in [2.24, 2.45) is 0 Å². The van der Waals surface area contributed by atoms with Crippen molar-refractivity contribution in [1.29, 1.82) is 0 Å². The van der Waals surface area contributed by atoms with Gasteiger partial charge in [-0.1, -0.05) is 18.2 Å². The maximum Gasteiger partial charge on any atom is 0.193 e. The highest BCUT2D eigenvalue weighted by Gasteiger charge is 2.18. The Morgan fingerprint density at radius 2 is 0.892 bits per heavy atom. The number of rotatable bonds is 5. The van der Waals surface area contributed by atoms with Crippen LogP contribution in [0.1, 0.15) is 31.8 Å². The summed E-state index contributed by atoms with van der Waals surface area (Å²) in [6, 6.07) is 31.7. The van der Waals surface area contributed by atoms with Crippen LogP contribution in [0.4, 0.5) is 8.78 Å². The van der Waals surface area contributed by atoms with Gasteiger partial charge in [-0.25, -0.2) is 8.78 Å². The van der Waals surface area contributed by atoms with Crippen molar-refractivity contribution < 1.29 is 18.4 Å². The molecule has 0 amide bonds. The fourth-order valence-corrected chi connectivity index (χ4v) is 4.70. The van der Waals surface area contributed by atoms with Crippen molar-refractivity contribution in [3.05, 3.63) is 149 Å². The molecule has 37 heavy (non-hydrogen) atoms. The summed E-state index contributed by atoms with van der Waals surface area (Å²) in [6.07, 6.45) is 0. The summed E-state index contributed by atoms with van der Waals surface area (Å²) in [5, 5.41) is 1.61. The van der Waals surface area contributed by atoms with Gasteiger partial charge in [0.25, 0.3) is 0 Å². The third kappa shape index (κ3) is 4.00. The van der Waals surface area contributed by atoms with Gasteiger partial charge in [0, 0.05) is 38.7 Å². The number of nitrogens with zero attached hydrogens (tertiary/aromatic N) is 1. The Balaban J connectivity index is 1.56. The highest BCUT2D eigenvalue weighted by atomic mass is 19.1. The van der Waals surface area contributed by atoms with Crippen molar-refractivity contribution in [2.75, 3.05) is 0 Å².